The molecular weight excluding hydrogens is 731 g/mol. The molecule has 0 saturated carbocycles. The van der Waals surface area contributed by atoms with Gasteiger partial charge in [0.1, 0.15) is 6.10 Å². The molecule has 0 saturated heterocycles. The SMILES string of the molecule is CCCCCC/C=C\CCCCCCCC(CC(=O)NC(CO)C(O)CCCCCCCCCCCCCC)OC(=O)CCCCCCCCCCCCCCCCC. The first-order valence-corrected chi connectivity index (χ1v) is 26.4. The van der Waals surface area contributed by atoms with E-state index in [1.165, 1.54) is 186 Å². The molecule has 0 aromatic heterocycles. The first kappa shape index (κ1) is 57.6. The summed E-state index contributed by atoms with van der Waals surface area (Å²) in [5.74, 6) is -0.464. The number of aliphatic hydroxyl groups excluding tert-OH is 2. The summed E-state index contributed by atoms with van der Waals surface area (Å²) >= 11 is 0. The van der Waals surface area contributed by atoms with E-state index in [0.717, 1.165) is 57.8 Å². The lowest BCUT2D eigenvalue weighted by Crippen LogP contribution is -2.46. The number of aliphatic hydroxyl groups is 2. The van der Waals surface area contributed by atoms with Crippen LogP contribution in [0.15, 0.2) is 12.2 Å². The second-order valence-electron chi connectivity index (χ2n) is 18.3. The number of allylic oxidation sites excluding steroid dienone is 2. The Morgan fingerprint density at radius 2 is 0.814 bits per heavy atom. The maximum absolute atomic E-state index is 13.2. The lowest BCUT2D eigenvalue weighted by Gasteiger charge is -2.24. The van der Waals surface area contributed by atoms with Gasteiger partial charge in [-0.2, -0.15) is 0 Å². The minimum Gasteiger partial charge on any atom is -0.462 e. The van der Waals surface area contributed by atoms with Crippen molar-refractivity contribution in [1.82, 2.24) is 5.32 Å². The Labute approximate surface area is 368 Å². The Balaban J connectivity index is 4.53. The van der Waals surface area contributed by atoms with Crippen molar-refractivity contribution in [2.45, 2.75) is 309 Å². The quantitative estimate of drug-likeness (QED) is 0.0322. The number of carbonyl (C=O) groups excluding carboxylic acids is 2. The fourth-order valence-corrected chi connectivity index (χ4v) is 8.31. The van der Waals surface area contributed by atoms with Crippen LogP contribution in [0.3, 0.4) is 0 Å². The highest BCUT2D eigenvalue weighted by Crippen LogP contribution is 2.18. The third kappa shape index (κ3) is 43.1. The zero-order valence-corrected chi connectivity index (χ0v) is 39.9. The van der Waals surface area contributed by atoms with Gasteiger partial charge in [-0.1, -0.05) is 238 Å². The first-order chi connectivity index (χ1) is 29.0. The number of ether oxygens (including phenoxy) is 1. The van der Waals surface area contributed by atoms with Gasteiger partial charge in [0.05, 0.1) is 25.2 Å². The lowest BCUT2D eigenvalue weighted by molar-refractivity contribution is -0.151. The minimum atomic E-state index is -0.783. The van der Waals surface area contributed by atoms with Crippen molar-refractivity contribution in [3.8, 4) is 0 Å². The minimum absolute atomic E-state index is 0.0788. The molecule has 0 bridgehead atoms. The monoisotopic (exact) mass is 834 g/mol. The van der Waals surface area contributed by atoms with Crippen LogP contribution in [-0.4, -0.2) is 46.9 Å². The van der Waals surface area contributed by atoms with E-state index >= 15 is 0 Å². The van der Waals surface area contributed by atoms with Crippen LogP contribution in [0.25, 0.3) is 0 Å². The molecule has 0 radical (unpaired) electrons. The number of esters is 1. The molecule has 0 spiro atoms. The van der Waals surface area contributed by atoms with Gasteiger partial charge in [-0.05, 0) is 51.4 Å². The van der Waals surface area contributed by atoms with Crippen LogP contribution in [0.5, 0.6) is 0 Å². The van der Waals surface area contributed by atoms with Gasteiger partial charge in [0.25, 0.3) is 0 Å². The van der Waals surface area contributed by atoms with Crippen molar-refractivity contribution >= 4 is 11.9 Å². The Hall–Kier alpha value is -1.40. The zero-order chi connectivity index (χ0) is 43.1. The summed E-state index contributed by atoms with van der Waals surface area (Å²) in [5, 5.41) is 23.8. The van der Waals surface area contributed by atoms with E-state index in [0.29, 0.717) is 19.3 Å². The Kier molecular flexibility index (Phi) is 46.5. The number of unbranched alkanes of at least 4 members (excludes halogenated alkanes) is 34. The van der Waals surface area contributed by atoms with Gasteiger partial charge in [-0.15, -0.1) is 0 Å². The number of nitrogens with one attached hydrogen (secondary N) is 1. The summed E-state index contributed by atoms with van der Waals surface area (Å²) in [6.45, 7) is 6.49. The summed E-state index contributed by atoms with van der Waals surface area (Å²) in [6.07, 6.45) is 52.7. The number of rotatable bonds is 48. The normalized spacial score (nSPS) is 13.2. The van der Waals surface area contributed by atoms with Crippen molar-refractivity contribution in [3.63, 3.8) is 0 Å². The standard InChI is InChI=1S/C53H103NO5/c1-4-7-10-13-16-19-22-25-26-28-31-34-37-40-43-46-53(58)59-49(44-41-38-35-32-29-27-23-20-17-14-11-8-5-2)47-52(57)54-50(48-55)51(56)45-42-39-36-33-30-24-21-18-15-12-9-6-3/h20,23,49-51,55-56H,4-19,21-22,24-48H2,1-3H3,(H,54,57)/b23-20-. The molecule has 0 aliphatic rings. The molecule has 1 amide bonds. The maximum atomic E-state index is 13.2. The molecule has 3 N–H and O–H groups in total. The van der Waals surface area contributed by atoms with Crippen molar-refractivity contribution < 1.29 is 24.5 Å². The van der Waals surface area contributed by atoms with Crippen LogP contribution < -0.4 is 5.32 Å². The molecule has 59 heavy (non-hydrogen) atoms. The summed E-state index contributed by atoms with van der Waals surface area (Å²) in [7, 11) is 0. The number of hydrogen-bond donors (Lipinski definition) is 3. The van der Waals surface area contributed by atoms with Crippen molar-refractivity contribution in [1.29, 1.82) is 0 Å². The average molecular weight is 834 g/mol. The predicted octanol–water partition coefficient (Wildman–Crippen LogP) is 15.7. The molecule has 0 fully saturated rings. The molecule has 0 aromatic rings. The van der Waals surface area contributed by atoms with Crippen LogP contribution in [-0.2, 0) is 14.3 Å². The first-order valence-electron chi connectivity index (χ1n) is 26.4. The zero-order valence-electron chi connectivity index (χ0n) is 39.9. The average Bonchev–Trinajstić information content (AvgIpc) is 3.23. The summed E-state index contributed by atoms with van der Waals surface area (Å²) < 4.78 is 5.94. The van der Waals surface area contributed by atoms with E-state index < -0.39 is 18.2 Å². The van der Waals surface area contributed by atoms with E-state index in [9.17, 15) is 19.8 Å². The molecule has 0 rings (SSSR count). The second kappa shape index (κ2) is 47.6. The van der Waals surface area contributed by atoms with Gasteiger partial charge in [0.15, 0.2) is 0 Å². The van der Waals surface area contributed by atoms with Gasteiger partial charge < -0.3 is 20.3 Å². The smallest absolute Gasteiger partial charge is 0.306 e. The molecule has 350 valence electrons. The highest BCUT2D eigenvalue weighted by atomic mass is 16.5. The second-order valence-corrected chi connectivity index (χ2v) is 18.3. The third-order valence-electron chi connectivity index (χ3n) is 12.3. The molecule has 3 atom stereocenters. The van der Waals surface area contributed by atoms with E-state index in [1.807, 2.05) is 0 Å². The van der Waals surface area contributed by atoms with Gasteiger partial charge in [0.2, 0.25) is 5.91 Å². The van der Waals surface area contributed by atoms with Gasteiger partial charge >= 0.3 is 5.97 Å². The summed E-state index contributed by atoms with van der Waals surface area (Å²) in [5.41, 5.74) is 0. The van der Waals surface area contributed by atoms with E-state index in [1.54, 1.807) is 0 Å². The van der Waals surface area contributed by atoms with Crippen LogP contribution in [0.2, 0.25) is 0 Å². The topological polar surface area (TPSA) is 95.9 Å². The highest BCUT2D eigenvalue weighted by molar-refractivity contribution is 5.77. The van der Waals surface area contributed by atoms with Crippen LogP contribution >= 0.6 is 0 Å². The Morgan fingerprint density at radius 1 is 0.475 bits per heavy atom. The van der Waals surface area contributed by atoms with Crippen molar-refractivity contribution in [2.24, 2.45) is 0 Å². The van der Waals surface area contributed by atoms with Crippen LogP contribution in [0, 0.1) is 0 Å². The van der Waals surface area contributed by atoms with E-state index in [2.05, 4.69) is 38.2 Å². The largest absolute Gasteiger partial charge is 0.462 e. The lowest BCUT2D eigenvalue weighted by atomic mass is 10.0. The van der Waals surface area contributed by atoms with Crippen LogP contribution in [0.4, 0.5) is 0 Å². The molecule has 0 aliphatic carbocycles. The van der Waals surface area contributed by atoms with E-state index in [-0.39, 0.29) is 24.9 Å². The molecule has 0 heterocycles. The van der Waals surface area contributed by atoms with Crippen molar-refractivity contribution in [2.75, 3.05) is 6.61 Å². The molecular formula is C53H103NO5. The van der Waals surface area contributed by atoms with Gasteiger partial charge in [-0.3, -0.25) is 9.59 Å². The van der Waals surface area contributed by atoms with E-state index in [4.69, 9.17) is 4.74 Å². The summed E-state index contributed by atoms with van der Waals surface area (Å²) in [6, 6.07) is -0.697. The van der Waals surface area contributed by atoms with Gasteiger partial charge in [-0.25, -0.2) is 0 Å². The Bertz CT molecular complexity index is 893. The fraction of sp³-hybridized carbons (Fsp3) is 0.925. The number of carbonyl (C=O) groups is 2. The fourth-order valence-electron chi connectivity index (χ4n) is 8.31. The summed E-state index contributed by atoms with van der Waals surface area (Å²) in [4.78, 5) is 26.1. The highest BCUT2D eigenvalue weighted by Gasteiger charge is 2.24. The molecule has 6 nitrogen and oxygen atoms in total. The predicted molar refractivity (Wildman–Crippen MR) is 255 cm³/mol. The maximum Gasteiger partial charge on any atom is 0.306 e. The number of amides is 1. The number of hydrogen-bond acceptors (Lipinski definition) is 5. The molecule has 3 unspecified atom stereocenters. The Morgan fingerprint density at radius 3 is 1.22 bits per heavy atom. The van der Waals surface area contributed by atoms with Gasteiger partial charge in [0, 0.05) is 6.42 Å². The van der Waals surface area contributed by atoms with Crippen molar-refractivity contribution in [3.05, 3.63) is 12.2 Å². The molecule has 6 heteroatoms. The molecule has 0 aliphatic heterocycles. The molecule has 0 aromatic carbocycles. The third-order valence-corrected chi connectivity index (χ3v) is 12.3. The van der Waals surface area contributed by atoms with Crippen LogP contribution in [0.1, 0.15) is 290 Å².